The zero-order chi connectivity index (χ0) is 26.5. The predicted molar refractivity (Wildman–Crippen MR) is 145 cm³/mol. The van der Waals surface area contributed by atoms with E-state index in [9.17, 15) is 18.0 Å². The molecular weight excluding hydrogens is 487 g/mol. The number of nitrogens with zero attached hydrogens (tertiary/aromatic N) is 2. The molecule has 2 saturated heterocycles. The van der Waals surface area contributed by atoms with Crippen molar-refractivity contribution >= 4 is 17.4 Å². The van der Waals surface area contributed by atoms with Gasteiger partial charge < -0.3 is 5.32 Å². The molecule has 2 heterocycles. The predicted octanol–water partition coefficient (Wildman–Crippen LogP) is 7.62. The van der Waals surface area contributed by atoms with Crippen LogP contribution in [0.3, 0.4) is 0 Å². The lowest BCUT2D eigenvalue weighted by Crippen LogP contribution is -2.45. The summed E-state index contributed by atoms with van der Waals surface area (Å²) < 4.78 is 38.7. The van der Waals surface area contributed by atoms with Crippen LogP contribution in [0.5, 0.6) is 0 Å². The lowest BCUT2D eigenvalue weighted by Gasteiger charge is -2.39. The minimum atomic E-state index is -4.41. The first-order chi connectivity index (χ1) is 18.4. The van der Waals surface area contributed by atoms with Gasteiger partial charge in [0.15, 0.2) is 0 Å². The molecule has 3 aromatic rings. The highest BCUT2D eigenvalue weighted by Gasteiger charge is 2.40. The largest absolute Gasteiger partial charge is 0.416 e. The molecule has 5 rings (SSSR count). The summed E-state index contributed by atoms with van der Waals surface area (Å²) >= 11 is 0. The Hall–Kier alpha value is -3.32. The molecule has 2 aliphatic rings. The average Bonchev–Trinajstić information content (AvgIpc) is 3.14. The molecule has 0 radical (unpaired) electrons. The monoisotopic (exact) mass is 521 g/mol. The number of fused-ring (bicyclic) bond motifs is 2. The van der Waals surface area contributed by atoms with Crippen molar-refractivity contribution in [1.82, 2.24) is 4.90 Å². The number of piperidine rings is 1. The topological polar surface area (TPSA) is 35.6 Å². The summed E-state index contributed by atoms with van der Waals surface area (Å²) in [6.45, 7) is 1.46. The molecule has 0 saturated carbocycles. The van der Waals surface area contributed by atoms with Gasteiger partial charge in [-0.05, 0) is 86.4 Å². The first kappa shape index (κ1) is 26.3. The van der Waals surface area contributed by atoms with Crippen molar-refractivity contribution in [3.05, 3.63) is 96.1 Å². The van der Waals surface area contributed by atoms with Crippen LogP contribution >= 0.6 is 0 Å². The van der Waals surface area contributed by atoms with Crippen LogP contribution in [0.4, 0.5) is 29.3 Å². The molecule has 0 spiro atoms. The number of carbonyl (C=O) groups is 1. The first-order valence-electron chi connectivity index (χ1n) is 13.5. The molecule has 2 amide bonds. The molecular formula is C31H34F3N3O. The Kier molecular flexibility index (Phi) is 8.03. The van der Waals surface area contributed by atoms with Crippen LogP contribution in [0.1, 0.15) is 43.2 Å². The third-order valence-corrected chi connectivity index (χ3v) is 7.92. The zero-order valence-electron chi connectivity index (χ0n) is 21.4. The Balaban J connectivity index is 1.18. The summed E-state index contributed by atoms with van der Waals surface area (Å²) in [4.78, 5) is 17.5. The number of alkyl halides is 3. The van der Waals surface area contributed by atoms with E-state index in [1.54, 1.807) is 4.90 Å². The van der Waals surface area contributed by atoms with Crippen LogP contribution in [-0.4, -0.2) is 36.1 Å². The molecule has 3 atom stereocenters. The number of urea groups is 1. The van der Waals surface area contributed by atoms with Gasteiger partial charge in [-0.3, -0.25) is 9.80 Å². The van der Waals surface area contributed by atoms with Crippen molar-refractivity contribution in [3.8, 4) is 0 Å². The highest BCUT2D eigenvalue weighted by Crippen LogP contribution is 2.40. The quantitative estimate of drug-likeness (QED) is 0.331. The lowest BCUT2D eigenvalue weighted by molar-refractivity contribution is -0.137. The molecule has 1 N–H and O–H groups in total. The zero-order valence-corrected chi connectivity index (χ0v) is 21.4. The SMILES string of the molecule is O=C(Nc1ccc(C(F)(F)F)cc1)N(CCCN1[C@@H]2CC[C@H]1CC(Cc1ccccc1)C2)c1ccccc1. The van der Waals surface area contributed by atoms with E-state index in [0.29, 0.717) is 24.3 Å². The van der Waals surface area contributed by atoms with Gasteiger partial charge in [0.25, 0.3) is 0 Å². The molecule has 3 aromatic carbocycles. The van der Waals surface area contributed by atoms with Gasteiger partial charge in [-0.15, -0.1) is 0 Å². The minimum absolute atomic E-state index is 0.336. The lowest BCUT2D eigenvalue weighted by atomic mass is 9.85. The second-order valence-electron chi connectivity index (χ2n) is 10.5. The van der Waals surface area contributed by atoms with Gasteiger partial charge in [-0.25, -0.2) is 4.79 Å². The maximum absolute atomic E-state index is 13.2. The second-order valence-corrected chi connectivity index (χ2v) is 10.5. The molecule has 2 fully saturated rings. The summed E-state index contributed by atoms with van der Waals surface area (Å²) in [7, 11) is 0. The number of benzene rings is 3. The first-order valence-corrected chi connectivity index (χ1v) is 13.5. The van der Waals surface area contributed by atoms with Gasteiger partial charge in [0.05, 0.1) is 5.56 Å². The molecule has 0 aromatic heterocycles. The van der Waals surface area contributed by atoms with E-state index in [-0.39, 0.29) is 6.03 Å². The Morgan fingerprint density at radius 1 is 0.868 bits per heavy atom. The summed E-state index contributed by atoms with van der Waals surface area (Å²) in [6, 6.07) is 25.6. The Morgan fingerprint density at radius 3 is 2.08 bits per heavy atom. The number of amides is 2. The van der Waals surface area contributed by atoms with E-state index in [1.807, 2.05) is 30.3 Å². The normalized spacial score (nSPS) is 21.3. The van der Waals surface area contributed by atoms with Gasteiger partial charge in [0.1, 0.15) is 0 Å². The Labute approximate surface area is 222 Å². The number of hydrogen-bond acceptors (Lipinski definition) is 2. The van der Waals surface area contributed by atoms with Crippen molar-refractivity contribution < 1.29 is 18.0 Å². The maximum atomic E-state index is 13.2. The highest BCUT2D eigenvalue weighted by molar-refractivity contribution is 6.01. The summed E-state index contributed by atoms with van der Waals surface area (Å²) in [5.74, 6) is 0.724. The fourth-order valence-corrected chi connectivity index (χ4v) is 6.17. The number of hydrogen-bond donors (Lipinski definition) is 1. The van der Waals surface area contributed by atoms with Crippen LogP contribution in [0, 0.1) is 5.92 Å². The number of halogens is 3. The van der Waals surface area contributed by atoms with Gasteiger partial charge >= 0.3 is 12.2 Å². The van der Waals surface area contributed by atoms with E-state index < -0.39 is 11.7 Å². The summed E-state index contributed by atoms with van der Waals surface area (Å²) in [6.07, 6.45) is 2.50. The molecule has 200 valence electrons. The standard InChI is InChI=1S/C31H34F3N3O/c32-31(33,34)25-12-14-26(15-13-25)35-30(38)37(27-10-5-2-6-11-27)19-7-18-36-28-16-17-29(36)22-24(21-28)20-23-8-3-1-4-9-23/h1-6,8-15,24,28-29H,7,16-22H2,(H,35,38)/t24?,28-,29+. The van der Waals surface area contributed by atoms with E-state index in [2.05, 4.69) is 40.5 Å². The van der Waals surface area contributed by atoms with Crippen molar-refractivity contribution in [1.29, 1.82) is 0 Å². The number of rotatable bonds is 8. The van der Waals surface area contributed by atoms with Gasteiger partial charge in [-0.2, -0.15) is 13.2 Å². The third-order valence-electron chi connectivity index (χ3n) is 7.92. The Morgan fingerprint density at radius 2 is 1.47 bits per heavy atom. The number of carbonyl (C=O) groups excluding carboxylic acids is 1. The fraction of sp³-hybridized carbons (Fsp3) is 0.387. The Bertz CT molecular complexity index is 1170. The van der Waals surface area contributed by atoms with Crippen molar-refractivity contribution in [2.45, 2.75) is 56.8 Å². The molecule has 2 aliphatic heterocycles. The van der Waals surface area contributed by atoms with Crippen LogP contribution in [-0.2, 0) is 12.6 Å². The van der Waals surface area contributed by atoms with E-state index in [1.165, 1.54) is 43.4 Å². The number of para-hydroxylation sites is 1. The number of anilines is 2. The van der Waals surface area contributed by atoms with E-state index in [4.69, 9.17) is 0 Å². The van der Waals surface area contributed by atoms with Crippen molar-refractivity contribution in [2.75, 3.05) is 23.3 Å². The molecule has 7 heteroatoms. The molecule has 2 bridgehead atoms. The van der Waals surface area contributed by atoms with Crippen LogP contribution < -0.4 is 10.2 Å². The molecule has 4 nitrogen and oxygen atoms in total. The molecule has 0 aliphatic carbocycles. The van der Waals surface area contributed by atoms with E-state index in [0.717, 1.165) is 43.1 Å². The van der Waals surface area contributed by atoms with Crippen LogP contribution in [0.25, 0.3) is 0 Å². The molecule has 1 unspecified atom stereocenters. The second kappa shape index (κ2) is 11.6. The molecule has 38 heavy (non-hydrogen) atoms. The minimum Gasteiger partial charge on any atom is -0.308 e. The van der Waals surface area contributed by atoms with E-state index >= 15 is 0 Å². The highest BCUT2D eigenvalue weighted by atomic mass is 19.4. The van der Waals surface area contributed by atoms with Gasteiger partial charge in [0, 0.05) is 36.5 Å². The van der Waals surface area contributed by atoms with Crippen molar-refractivity contribution in [2.24, 2.45) is 5.92 Å². The summed E-state index contributed by atoms with van der Waals surface area (Å²) in [5, 5.41) is 2.77. The van der Waals surface area contributed by atoms with Crippen LogP contribution in [0.15, 0.2) is 84.9 Å². The third kappa shape index (κ3) is 6.38. The van der Waals surface area contributed by atoms with Gasteiger partial charge in [-0.1, -0.05) is 48.5 Å². The summed E-state index contributed by atoms with van der Waals surface area (Å²) in [5.41, 5.74) is 1.78. The average molecular weight is 522 g/mol. The number of nitrogens with one attached hydrogen (secondary N) is 1. The fourth-order valence-electron chi connectivity index (χ4n) is 6.17. The van der Waals surface area contributed by atoms with Crippen LogP contribution in [0.2, 0.25) is 0 Å². The smallest absolute Gasteiger partial charge is 0.308 e. The van der Waals surface area contributed by atoms with Gasteiger partial charge in [0.2, 0.25) is 0 Å². The maximum Gasteiger partial charge on any atom is 0.416 e. The van der Waals surface area contributed by atoms with Crippen molar-refractivity contribution in [3.63, 3.8) is 0 Å².